The molecular weight excluding hydrogens is 308 g/mol. The second kappa shape index (κ2) is 6.34. The molecule has 2 rings (SSSR count). The Bertz CT molecular complexity index is 499. The molecule has 1 aromatic rings. The van der Waals surface area contributed by atoms with Crippen LogP contribution in [0.5, 0.6) is 0 Å². The number of hydrogen-bond donors (Lipinski definition) is 0. The summed E-state index contributed by atoms with van der Waals surface area (Å²) < 4.78 is 51.3. The molecular formula is C15H15ClF4O. The van der Waals surface area contributed by atoms with Crippen LogP contribution in [0.2, 0.25) is 5.02 Å². The Labute approximate surface area is 125 Å². The van der Waals surface area contributed by atoms with Gasteiger partial charge in [-0.1, -0.05) is 17.7 Å². The molecule has 0 saturated heterocycles. The van der Waals surface area contributed by atoms with E-state index in [0.29, 0.717) is 0 Å². The van der Waals surface area contributed by atoms with Gasteiger partial charge >= 0.3 is 6.18 Å². The fraction of sp³-hybridized carbons (Fsp3) is 0.533. The minimum absolute atomic E-state index is 0.0368. The van der Waals surface area contributed by atoms with Crippen LogP contribution < -0.4 is 0 Å². The number of hydrogen-bond acceptors (Lipinski definition) is 1. The van der Waals surface area contributed by atoms with Crippen molar-refractivity contribution in [3.05, 3.63) is 34.6 Å². The topological polar surface area (TPSA) is 17.1 Å². The molecule has 0 spiro atoms. The van der Waals surface area contributed by atoms with E-state index < -0.39 is 23.8 Å². The van der Waals surface area contributed by atoms with Crippen LogP contribution in [-0.2, 0) is 11.2 Å². The van der Waals surface area contributed by atoms with Gasteiger partial charge in [0.2, 0.25) is 0 Å². The largest absolute Gasteiger partial charge is 0.391 e. The lowest BCUT2D eigenvalue weighted by Gasteiger charge is -2.29. The Morgan fingerprint density at radius 1 is 1.19 bits per heavy atom. The molecule has 0 radical (unpaired) electrons. The van der Waals surface area contributed by atoms with Gasteiger partial charge in [-0.2, -0.15) is 13.2 Å². The first-order chi connectivity index (χ1) is 9.79. The van der Waals surface area contributed by atoms with Gasteiger partial charge in [-0.25, -0.2) is 4.39 Å². The first-order valence-corrected chi connectivity index (χ1v) is 7.19. The predicted octanol–water partition coefficient (Wildman–Crippen LogP) is 4.96. The normalized spacial score (nSPS) is 23.1. The van der Waals surface area contributed by atoms with E-state index in [4.69, 9.17) is 11.6 Å². The van der Waals surface area contributed by atoms with E-state index in [1.54, 1.807) is 0 Å². The van der Waals surface area contributed by atoms with E-state index in [1.165, 1.54) is 18.2 Å². The summed E-state index contributed by atoms with van der Waals surface area (Å²) in [5.74, 6) is -2.54. The molecule has 1 nitrogen and oxygen atoms in total. The second-order valence-corrected chi connectivity index (χ2v) is 5.84. The van der Waals surface area contributed by atoms with Crippen LogP contribution in [0.4, 0.5) is 17.6 Å². The van der Waals surface area contributed by atoms with Crippen LogP contribution >= 0.6 is 11.6 Å². The zero-order valence-electron chi connectivity index (χ0n) is 11.2. The van der Waals surface area contributed by atoms with Gasteiger partial charge in [-0.3, -0.25) is 4.79 Å². The average molecular weight is 323 g/mol. The highest BCUT2D eigenvalue weighted by Crippen LogP contribution is 2.40. The summed E-state index contributed by atoms with van der Waals surface area (Å²) in [6.07, 6.45) is -4.02. The van der Waals surface area contributed by atoms with E-state index in [0.717, 1.165) is 0 Å². The summed E-state index contributed by atoms with van der Waals surface area (Å²) in [4.78, 5) is 12.1. The van der Waals surface area contributed by atoms with Crippen LogP contribution in [0.25, 0.3) is 0 Å². The lowest BCUT2D eigenvalue weighted by molar-refractivity contribution is -0.184. The Kier molecular flexibility index (Phi) is 4.91. The highest BCUT2D eigenvalue weighted by atomic mass is 35.5. The van der Waals surface area contributed by atoms with Gasteiger partial charge in [0, 0.05) is 22.9 Å². The van der Waals surface area contributed by atoms with Gasteiger partial charge < -0.3 is 0 Å². The first kappa shape index (κ1) is 16.3. The number of carbonyl (C=O) groups excluding carboxylic acids is 1. The molecule has 0 amide bonds. The molecule has 21 heavy (non-hydrogen) atoms. The van der Waals surface area contributed by atoms with Gasteiger partial charge in [-0.05, 0) is 37.8 Å². The van der Waals surface area contributed by atoms with E-state index in [9.17, 15) is 22.4 Å². The summed E-state index contributed by atoms with van der Waals surface area (Å²) in [6, 6.07) is 4.16. The molecule has 6 heteroatoms. The minimum Gasteiger partial charge on any atom is -0.299 e. The van der Waals surface area contributed by atoms with Crippen molar-refractivity contribution in [2.24, 2.45) is 11.8 Å². The summed E-state index contributed by atoms with van der Waals surface area (Å²) >= 11 is 5.85. The molecule has 0 unspecified atom stereocenters. The van der Waals surface area contributed by atoms with Gasteiger partial charge in [0.25, 0.3) is 0 Å². The molecule has 116 valence electrons. The molecule has 1 aliphatic rings. The van der Waals surface area contributed by atoms with Crippen LogP contribution in [0, 0.1) is 17.7 Å². The molecule has 0 aromatic heterocycles. The number of rotatable bonds is 3. The maximum absolute atomic E-state index is 13.6. The summed E-state index contributed by atoms with van der Waals surface area (Å²) in [5, 5.41) is 0.173. The van der Waals surface area contributed by atoms with Crippen molar-refractivity contribution in [1.82, 2.24) is 0 Å². The summed E-state index contributed by atoms with van der Waals surface area (Å²) in [6.45, 7) is 0. The smallest absolute Gasteiger partial charge is 0.299 e. The Morgan fingerprint density at radius 2 is 1.81 bits per heavy atom. The van der Waals surface area contributed by atoms with Crippen LogP contribution in [0.3, 0.4) is 0 Å². The standard InChI is InChI=1S/C15H15ClF4O/c16-12-2-1-3-13(17)11(12)8-14(21)9-4-6-10(7-5-9)15(18,19)20/h1-3,9-10H,4-8H2. The molecule has 0 bridgehead atoms. The minimum atomic E-state index is -4.19. The Balaban J connectivity index is 1.97. The first-order valence-electron chi connectivity index (χ1n) is 6.81. The van der Waals surface area contributed by atoms with E-state index in [2.05, 4.69) is 0 Å². The van der Waals surface area contributed by atoms with Gasteiger partial charge in [0.15, 0.2) is 0 Å². The quantitative estimate of drug-likeness (QED) is 0.719. The number of benzene rings is 1. The number of ketones is 1. The lowest BCUT2D eigenvalue weighted by Crippen LogP contribution is -2.30. The van der Waals surface area contributed by atoms with E-state index in [1.807, 2.05) is 0 Å². The predicted molar refractivity (Wildman–Crippen MR) is 71.6 cm³/mol. The lowest BCUT2D eigenvalue weighted by atomic mass is 9.78. The fourth-order valence-corrected chi connectivity index (χ4v) is 2.99. The second-order valence-electron chi connectivity index (χ2n) is 5.43. The average Bonchev–Trinajstić information content (AvgIpc) is 2.42. The number of halogens is 5. The van der Waals surface area contributed by atoms with Crippen molar-refractivity contribution in [2.75, 3.05) is 0 Å². The molecule has 0 heterocycles. The van der Waals surface area contributed by atoms with Crippen LogP contribution in [0.1, 0.15) is 31.2 Å². The third-order valence-electron chi connectivity index (χ3n) is 4.06. The third-order valence-corrected chi connectivity index (χ3v) is 4.41. The van der Waals surface area contributed by atoms with Crippen molar-refractivity contribution in [3.8, 4) is 0 Å². The summed E-state index contributed by atoms with van der Waals surface area (Å²) in [5.41, 5.74) is 0.127. The van der Waals surface area contributed by atoms with Crippen molar-refractivity contribution >= 4 is 17.4 Å². The SMILES string of the molecule is O=C(Cc1c(F)cccc1Cl)C1CCC(C(F)(F)F)CC1. The Hall–Kier alpha value is -1.10. The van der Waals surface area contributed by atoms with E-state index in [-0.39, 0.29) is 48.5 Å². The van der Waals surface area contributed by atoms with Gasteiger partial charge in [-0.15, -0.1) is 0 Å². The van der Waals surface area contributed by atoms with Crippen LogP contribution in [-0.4, -0.2) is 12.0 Å². The number of Topliss-reactive ketones (excluding diaryl/α,β-unsaturated/α-hetero) is 1. The molecule has 0 aliphatic heterocycles. The molecule has 0 N–H and O–H groups in total. The molecule has 1 fully saturated rings. The number of carbonyl (C=O) groups is 1. The van der Waals surface area contributed by atoms with Crippen molar-refractivity contribution in [1.29, 1.82) is 0 Å². The Morgan fingerprint density at radius 3 is 2.33 bits per heavy atom. The van der Waals surface area contributed by atoms with Gasteiger partial charge in [0.1, 0.15) is 11.6 Å². The van der Waals surface area contributed by atoms with Crippen molar-refractivity contribution in [2.45, 2.75) is 38.3 Å². The molecule has 1 saturated carbocycles. The number of alkyl halides is 3. The highest BCUT2D eigenvalue weighted by molar-refractivity contribution is 6.31. The van der Waals surface area contributed by atoms with Crippen molar-refractivity contribution < 1.29 is 22.4 Å². The fourth-order valence-electron chi connectivity index (χ4n) is 2.76. The monoisotopic (exact) mass is 322 g/mol. The maximum Gasteiger partial charge on any atom is 0.391 e. The van der Waals surface area contributed by atoms with E-state index >= 15 is 0 Å². The zero-order chi connectivity index (χ0) is 15.6. The van der Waals surface area contributed by atoms with Gasteiger partial charge in [0.05, 0.1) is 5.92 Å². The molecule has 1 aromatic carbocycles. The highest BCUT2D eigenvalue weighted by Gasteiger charge is 2.42. The van der Waals surface area contributed by atoms with Crippen molar-refractivity contribution in [3.63, 3.8) is 0 Å². The third kappa shape index (κ3) is 3.96. The molecule has 1 aliphatic carbocycles. The van der Waals surface area contributed by atoms with Crippen LogP contribution in [0.15, 0.2) is 18.2 Å². The maximum atomic E-state index is 13.6. The summed E-state index contributed by atoms with van der Waals surface area (Å²) in [7, 11) is 0. The molecule has 0 atom stereocenters. The zero-order valence-corrected chi connectivity index (χ0v) is 12.0.